The lowest BCUT2D eigenvalue weighted by molar-refractivity contribution is -0.142. The summed E-state index contributed by atoms with van der Waals surface area (Å²) >= 11 is 0. The number of carbonyl (C=O) groups excluding carboxylic acids is 2. The van der Waals surface area contributed by atoms with Gasteiger partial charge in [-0.05, 0) is 30.5 Å². The second kappa shape index (κ2) is 4.75. The fourth-order valence-electron chi connectivity index (χ4n) is 3.38. The Morgan fingerprint density at radius 2 is 2.00 bits per heavy atom. The molecule has 4 nitrogen and oxygen atoms in total. The predicted octanol–water partition coefficient (Wildman–Crippen LogP) is 2.38. The Labute approximate surface area is 118 Å². The summed E-state index contributed by atoms with van der Waals surface area (Å²) in [6, 6.07) is 9.16. The second-order valence-corrected chi connectivity index (χ2v) is 5.76. The number of imide groups is 1. The monoisotopic (exact) mass is 268 g/mol. The van der Waals surface area contributed by atoms with Crippen LogP contribution in [-0.4, -0.2) is 16.7 Å². The van der Waals surface area contributed by atoms with Gasteiger partial charge in [0.2, 0.25) is 11.8 Å². The molecule has 3 rings (SSSR count). The molecule has 0 unspecified atom stereocenters. The molecule has 2 fully saturated rings. The van der Waals surface area contributed by atoms with E-state index in [1.54, 1.807) is 18.2 Å². The topological polar surface area (TPSA) is 61.2 Å². The normalized spacial score (nSPS) is 20.6. The molecule has 102 valence electrons. The first kappa shape index (κ1) is 12.9. The van der Waals surface area contributed by atoms with Crippen LogP contribution in [0.2, 0.25) is 0 Å². The summed E-state index contributed by atoms with van der Waals surface area (Å²) < 4.78 is 0. The third kappa shape index (κ3) is 2.00. The summed E-state index contributed by atoms with van der Waals surface area (Å²) in [5.74, 6) is -0.0818. The minimum atomic E-state index is -0.413. The number of amides is 2. The van der Waals surface area contributed by atoms with Crippen molar-refractivity contribution in [1.29, 1.82) is 5.26 Å². The highest BCUT2D eigenvalue weighted by Gasteiger charge is 2.52. The summed E-state index contributed by atoms with van der Waals surface area (Å²) in [4.78, 5) is 26.1. The van der Waals surface area contributed by atoms with Crippen molar-refractivity contribution in [2.24, 2.45) is 5.41 Å². The molecule has 2 amide bonds. The number of carbonyl (C=O) groups is 2. The van der Waals surface area contributed by atoms with Gasteiger partial charge in [0.1, 0.15) is 0 Å². The maximum absolute atomic E-state index is 12.5. The summed E-state index contributed by atoms with van der Waals surface area (Å²) in [5.41, 5.74) is 0.974. The maximum Gasteiger partial charge on any atom is 0.236 e. The first-order chi connectivity index (χ1) is 9.64. The standard InChI is InChI=1S/C16H16N2O2/c17-10-12-4-3-5-13(8-12)11-18-14(19)9-16(15(18)20)6-1-2-7-16/h3-5,8H,1-2,6-7,9,11H2. The number of nitriles is 1. The quantitative estimate of drug-likeness (QED) is 0.774. The fourth-order valence-corrected chi connectivity index (χ4v) is 3.38. The van der Waals surface area contributed by atoms with E-state index in [0.717, 1.165) is 31.2 Å². The molecule has 0 aromatic heterocycles. The summed E-state index contributed by atoms with van der Waals surface area (Å²) in [6.45, 7) is 0.287. The van der Waals surface area contributed by atoms with E-state index in [9.17, 15) is 9.59 Å². The highest BCUT2D eigenvalue weighted by atomic mass is 16.2. The van der Waals surface area contributed by atoms with E-state index in [2.05, 4.69) is 6.07 Å². The molecule has 20 heavy (non-hydrogen) atoms. The van der Waals surface area contributed by atoms with Gasteiger partial charge in [0, 0.05) is 6.42 Å². The fraction of sp³-hybridized carbons (Fsp3) is 0.438. The molecule has 1 aromatic carbocycles. The molecule has 0 radical (unpaired) electrons. The van der Waals surface area contributed by atoms with Crippen molar-refractivity contribution in [3.8, 4) is 6.07 Å². The van der Waals surface area contributed by atoms with Gasteiger partial charge in [-0.3, -0.25) is 14.5 Å². The Morgan fingerprint density at radius 1 is 1.25 bits per heavy atom. The minimum absolute atomic E-state index is 0.0117. The minimum Gasteiger partial charge on any atom is -0.278 e. The van der Waals surface area contributed by atoms with E-state index < -0.39 is 5.41 Å². The van der Waals surface area contributed by atoms with Crippen LogP contribution in [0.4, 0.5) is 0 Å². The third-order valence-electron chi connectivity index (χ3n) is 4.45. The van der Waals surface area contributed by atoms with Crippen molar-refractivity contribution in [2.45, 2.75) is 38.6 Å². The smallest absolute Gasteiger partial charge is 0.236 e. The van der Waals surface area contributed by atoms with Crippen molar-refractivity contribution in [1.82, 2.24) is 4.90 Å². The van der Waals surface area contributed by atoms with Crippen LogP contribution in [0.25, 0.3) is 0 Å². The molecule has 2 aliphatic rings. The number of hydrogen-bond donors (Lipinski definition) is 0. The van der Waals surface area contributed by atoms with Crippen molar-refractivity contribution in [2.75, 3.05) is 0 Å². The molecule has 4 heteroatoms. The van der Waals surface area contributed by atoms with Crippen LogP contribution in [-0.2, 0) is 16.1 Å². The van der Waals surface area contributed by atoms with E-state index in [1.807, 2.05) is 6.07 Å². The number of nitrogens with zero attached hydrogens (tertiary/aromatic N) is 2. The number of likely N-dealkylation sites (tertiary alicyclic amines) is 1. The Hall–Kier alpha value is -2.15. The molecule has 1 aliphatic heterocycles. The van der Waals surface area contributed by atoms with Gasteiger partial charge >= 0.3 is 0 Å². The first-order valence-electron chi connectivity index (χ1n) is 6.98. The van der Waals surface area contributed by atoms with Crippen LogP contribution in [0.15, 0.2) is 24.3 Å². The molecule has 1 saturated heterocycles. The third-order valence-corrected chi connectivity index (χ3v) is 4.45. The largest absolute Gasteiger partial charge is 0.278 e. The molecule has 0 atom stereocenters. The van der Waals surface area contributed by atoms with Crippen LogP contribution in [0.1, 0.15) is 43.2 Å². The van der Waals surface area contributed by atoms with Crippen molar-refractivity contribution >= 4 is 11.8 Å². The molecule has 0 bridgehead atoms. The molecule has 1 heterocycles. The van der Waals surface area contributed by atoms with Crippen LogP contribution in [0, 0.1) is 16.7 Å². The highest BCUT2D eigenvalue weighted by Crippen LogP contribution is 2.47. The van der Waals surface area contributed by atoms with Gasteiger partial charge in [0.05, 0.1) is 23.6 Å². The zero-order valence-electron chi connectivity index (χ0n) is 11.3. The molecular formula is C16H16N2O2. The van der Waals surface area contributed by atoms with Crippen molar-refractivity contribution in [3.05, 3.63) is 35.4 Å². The van der Waals surface area contributed by atoms with Gasteiger partial charge in [-0.25, -0.2) is 0 Å². The highest BCUT2D eigenvalue weighted by molar-refractivity contribution is 6.05. The lowest BCUT2D eigenvalue weighted by atomic mass is 9.84. The van der Waals surface area contributed by atoms with E-state index in [4.69, 9.17) is 5.26 Å². The lowest BCUT2D eigenvalue weighted by Gasteiger charge is -2.21. The van der Waals surface area contributed by atoms with E-state index >= 15 is 0 Å². The predicted molar refractivity (Wildman–Crippen MR) is 72.2 cm³/mol. The van der Waals surface area contributed by atoms with Crippen molar-refractivity contribution in [3.63, 3.8) is 0 Å². The Balaban J connectivity index is 1.82. The molecular weight excluding hydrogens is 252 g/mol. The second-order valence-electron chi connectivity index (χ2n) is 5.76. The van der Waals surface area contributed by atoms with Crippen LogP contribution in [0.5, 0.6) is 0 Å². The summed E-state index contributed by atoms with van der Waals surface area (Å²) in [5, 5.41) is 8.90. The van der Waals surface area contributed by atoms with E-state index in [1.165, 1.54) is 4.90 Å². The van der Waals surface area contributed by atoms with E-state index in [0.29, 0.717) is 12.0 Å². The lowest BCUT2D eigenvalue weighted by Crippen LogP contribution is -2.33. The van der Waals surface area contributed by atoms with Crippen LogP contribution in [0.3, 0.4) is 0 Å². The Kier molecular flexibility index (Phi) is 3.06. The van der Waals surface area contributed by atoms with Crippen LogP contribution >= 0.6 is 0 Å². The van der Waals surface area contributed by atoms with Gasteiger partial charge in [-0.1, -0.05) is 25.0 Å². The Morgan fingerprint density at radius 3 is 2.70 bits per heavy atom. The van der Waals surface area contributed by atoms with Gasteiger partial charge in [0.15, 0.2) is 0 Å². The number of hydrogen-bond acceptors (Lipinski definition) is 3. The van der Waals surface area contributed by atoms with Gasteiger partial charge in [0.25, 0.3) is 0 Å². The number of rotatable bonds is 2. The van der Waals surface area contributed by atoms with Crippen molar-refractivity contribution < 1.29 is 9.59 Å². The Bertz CT molecular complexity index is 609. The van der Waals surface area contributed by atoms with Gasteiger partial charge in [-0.2, -0.15) is 5.26 Å². The summed E-state index contributed by atoms with van der Waals surface area (Å²) in [6.07, 6.45) is 4.12. The average Bonchev–Trinajstić information content (AvgIpc) is 3.01. The average molecular weight is 268 g/mol. The first-order valence-corrected chi connectivity index (χ1v) is 6.98. The zero-order valence-corrected chi connectivity index (χ0v) is 11.3. The zero-order chi connectivity index (χ0) is 14.2. The summed E-state index contributed by atoms with van der Waals surface area (Å²) in [7, 11) is 0. The van der Waals surface area contributed by atoms with Crippen LogP contribution < -0.4 is 0 Å². The number of benzene rings is 1. The molecule has 1 aromatic rings. The molecule has 1 spiro atoms. The van der Waals surface area contributed by atoms with Gasteiger partial charge < -0.3 is 0 Å². The van der Waals surface area contributed by atoms with Gasteiger partial charge in [-0.15, -0.1) is 0 Å². The molecule has 1 aliphatic carbocycles. The SMILES string of the molecule is N#Cc1cccc(CN2C(=O)CC3(CCCC3)C2=O)c1. The van der Waals surface area contributed by atoms with E-state index in [-0.39, 0.29) is 18.4 Å². The molecule has 1 saturated carbocycles. The maximum atomic E-state index is 12.5. The molecule has 0 N–H and O–H groups in total.